The number of nitrogens with zero attached hydrogens (tertiary/aromatic N) is 4. The smallest absolute Gasteiger partial charge is 0.222 e. The molecule has 60 heavy (non-hydrogen) atoms. The molecule has 1 N–H and O–H groups in total. The summed E-state index contributed by atoms with van der Waals surface area (Å²) in [5.74, 6) is -1.38. The molecule has 0 rings (SSSR count). The maximum Gasteiger partial charge on any atom is 0.222 e. The Morgan fingerprint density at radius 3 is 1.47 bits per heavy atom. The molecule has 0 bridgehead atoms. The van der Waals surface area contributed by atoms with Gasteiger partial charge in [0, 0.05) is 108 Å². The second-order valence-corrected chi connectivity index (χ2v) is 14.7. The van der Waals surface area contributed by atoms with Crippen LogP contribution in [0, 0.1) is 0 Å². The maximum absolute atomic E-state index is 12.7. The lowest BCUT2D eigenvalue weighted by molar-refractivity contribution is -0.136. The number of rotatable bonds is 35. The van der Waals surface area contributed by atoms with E-state index in [2.05, 4.69) is 19.4 Å². The number of hydrogen-bond acceptors (Lipinski definition) is 9. The number of nitrogens with one attached hydrogen (secondary N) is 1. The van der Waals surface area contributed by atoms with E-state index in [4.69, 9.17) is 31.1 Å². The molecule has 0 aromatic carbocycles. The number of amides is 4. The van der Waals surface area contributed by atoms with E-state index in [-0.39, 0.29) is 138 Å². The van der Waals surface area contributed by atoms with Crippen LogP contribution in [-0.2, 0) is 38.4 Å². The summed E-state index contributed by atoms with van der Waals surface area (Å²) in [4.78, 5) is 104. The highest BCUT2D eigenvalue weighted by atomic mass is 16.2. The van der Waals surface area contributed by atoms with Gasteiger partial charge in [-0.15, -0.1) is 6.82 Å². The fourth-order valence-corrected chi connectivity index (χ4v) is 5.89. The lowest BCUT2D eigenvalue weighted by Gasteiger charge is -2.23. The maximum atomic E-state index is 12.7. The quantitative estimate of drug-likeness (QED) is 0.0723. The number of ketones is 4. The summed E-state index contributed by atoms with van der Waals surface area (Å²) < 4.78 is 0. The molecule has 11 radical (unpaired) electrons. The molecule has 0 heterocycles. The van der Waals surface area contributed by atoms with Gasteiger partial charge in [0.15, 0.2) is 17.3 Å². The number of carbonyl (C=O) groups excluding carboxylic acids is 8. The van der Waals surface area contributed by atoms with Gasteiger partial charge in [0.25, 0.3) is 0 Å². The first-order valence-electron chi connectivity index (χ1n) is 21.2. The van der Waals surface area contributed by atoms with Crippen LogP contribution in [0.1, 0.15) is 106 Å². The van der Waals surface area contributed by atoms with Crippen molar-refractivity contribution in [1.29, 1.82) is 0 Å². The van der Waals surface area contributed by atoms with E-state index >= 15 is 0 Å². The minimum Gasteiger partial charge on any atom is -0.336 e. The molecule has 0 aliphatic heterocycles. The van der Waals surface area contributed by atoms with E-state index in [0.29, 0.717) is 58.4 Å². The first-order chi connectivity index (χ1) is 28.0. The molecular weight excluding hydrogens is 752 g/mol. The summed E-state index contributed by atoms with van der Waals surface area (Å²) in [6.07, 6.45) is 5.59. The molecule has 0 saturated carbocycles. The van der Waals surface area contributed by atoms with Crippen molar-refractivity contribution >= 4 is 112 Å². The van der Waals surface area contributed by atoms with Gasteiger partial charge in [-0.05, 0) is 52.3 Å². The lowest BCUT2D eigenvalue weighted by Crippen LogP contribution is -2.44. The van der Waals surface area contributed by atoms with E-state index in [1.807, 2.05) is 6.82 Å². The zero-order chi connectivity index (χ0) is 45.2. The van der Waals surface area contributed by atoms with Crippen molar-refractivity contribution in [2.75, 3.05) is 66.0 Å². The Morgan fingerprint density at radius 2 is 1.05 bits per heavy atom. The monoisotopic (exact) mass is 823 g/mol. The summed E-state index contributed by atoms with van der Waals surface area (Å²) in [7, 11) is 28.5. The van der Waals surface area contributed by atoms with Crippen LogP contribution in [-0.4, -0.2) is 198 Å². The molecule has 0 aliphatic carbocycles. The molecule has 4 amide bonds. The second-order valence-electron chi connectivity index (χ2n) is 14.7. The number of unbranched alkanes of at least 4 members (excludes halogenated alkanes) is 3. The van der Waals surface area contributed by atoms with Gasteiger partial charge in [-0.2, -0.15) is 0 Å². The van der Waals surface area contributed by atoms with Crippen molar-refractivity contribution in [2.24, 2.45) is 0 Å². The summed E-state index contributed by atoms with van der Waals surface area (Å²) >= 11 is 0. The van der Waals surface area contributed by atoms with Crippen LogP contribution in [0.3, 0.4) is 0 Å². The van der Waals surface area contributed by atoms with Gasteiger partial charge in [-0.3, -0.25) is 38.4 Å². The minimum atomic E-state index is -0.319. The summed E-state index contributed by atoms with van der Waals surface area (Å²) in [5.41, 5.74) is 0. The Bertz CT molecular complexity index is 1280. The van der Waals surface area contributed by atoms with E-state index in [9.17, 15) is 38.4 Å². The molecule has 22 heteroatoms. The lowest BCUT2D eigenvalue weighted by atomic mass is 8.79. The van der Waals surface area contributed by atoms with Crippen molar-refractivity contribution < 1.29 is 38.4 Å². The number of Topliss-reactive ketones (excluding diaryl/α,β-unsaturated/α-hetero) is 4. The van der Waals surface area contributed by atoms with Crippen molar-refractivity contribution in [1.82, 2.24) is 24.9 Å². The molecule has 0 aromatic rings. The number of hydrogen-bond donors (Lipinski definition) is 1. The van der Waals surface area contributed by atoms with Gasteiger partial charge < -0.3 is 24.9 Å². The van der Waals surface area contributed by atoms with Gasteiger partial charge in [0.1, 0.15) is 5.78 Å². The third-order valence-corrected chi connectivity index (χ3v) is 9.45. The summed E-state index contributed by atoms with van der Waals surface area (Å²) in [5, 5.41) is 2.93. The highest BCUT2D eigenvalue weighted by Gasteiger charge is 2.20. The van der Waals surface area contributed by atoms with E-state index < -0.39 is 0 Å². The molecule has 13 nitrogen and oxygen atoms in total. The van der Waals surface area contributed by atoms with E-state index in [0.717, 1.165) is 19.2 Å². The van der Waals surface area contributed by atoms with Crippen molar-refractivity contribution in [3.05, 3.63) is 0 Å². The van der Waals surface area contributed by atoms with Crippen LogP contribution in [0.5, 0.6) is 0 Å². The van der Waals surface area contributed by atoms with E-state index in [1.54, 1.807) is 32.9 Å². The predicted octanol–water partition coefficient (Wildman–Crippen LogP) is 0.849. The Balaban J connectivity index is -0.00000288. The molecular formula is C38H69B9N5O8. The topological polar surface area (TPSA) is 162 Å². The first kappa shape index (κ1) is 61.4. The van der Waals surface area contributed by atoms with Crippen molar-refractivity contribution in [2.45, 2.75) is 132 Å². The fraction of sp³-hybridized carbons (Fsp3) is 0.789. The largest absolute Gasteiger partial charge is 0.336 e. The third-order valence-electron chi connectivity index (χ3n) is 9.45. The Kier molecular flexibility index (Phi) is 39.9. The first-order valence-corrected chi connectivity index (χ1v) is 21.2. The van der Waals surface area contributed by atoms with Gasteiger partial charge in [0.05, 0.1) is 48.4 Å². The van der Waals surface area contributed by atoms with Crippen molar-refractivity contribution in [3.63, 3.8) is 0 Å². The zero-order valence-electron chi connectivity index (χ0n) is 37.0. The molecule has 0 spiro atoms. The molecule has 0 fully saturated rings. The molecule has 0 unspecified atom stereocenters. The van der Waals surface area contributed by atoms with Crippen LogP contribution < -0.4 is 5.32 Å². The summed E-state index contributed by atoms with van der Waals surface area (Å²) in [6.45, 7) is 10.9. The highest BCUT2D eigenvalue weighted by molar-refractivity contribution is 7.74. The molecule has 0 aliphatic rings. The van der Waals surface area contributed by atoms with E-state index in [1.165, 1.54) is 28.8 Å². The van der Waals surface area contributed by atoms with Crippen LogP contribution in [0.4, 0.5) is 0 Å². The van der Waals surface area contributed by atoms with Gasteiger partial charge in [0.2, 0.25) is 23.6 Å². The number of likely N-dealkylation sites (N-methyl/N-ethyl adjacent to an activating group) is 1. The zero-order valence-corrected chi connectivity index (χ0v) is 37.0. The van der Waals surface area contributed by atoms with Crippen LogP contribution >= 0.6 is 0 Å². The molecule has 0 saturated heterocycles. The Hall–Kier alpha value is -2.90. The normalized spacial score (nSPS) is 10.1. The Labute approximate surface area is 371 Å². The highest BCUT2D eigenvalue weighted by Crippen LogP contribution is 2.10. The SMILES string of the molecule is C.[B][B]B(C)B([B])[B]CC.[B][B]CC(=O)N(CCCC(=O)CN(CCNC)C(=O)C[B])CC(=O)CCCCCCN(CC(=O)CCCN(CC(C)=O)C(=O)CC)C(=O)CC. The molecule has 0 aromatic heterocycles. The standard InChI is InChI=1S/C34H57B3N5O8.C3H8B6.CH4/c1-5-31(47)39(23-27(3)43)18-11-14-29(45)24-40(32(48)6-2)17-10-8-7-9-13-28(44)25-41(34(50)22-37-36)19-12-15-30(46)26-42(20-16-38-4)33(49)21-35;1-3-6-9(5)8(2)7-4;/h38H,5-26H2,1-4H3;3H2,1-2H3;1H4. The average molecular weight is 821 g/mol. The predicted molar refractivity (Wildman–Crippen MR) is 253 cm³/mol. The average Bonchev–Trinajstić information content (AvgIpc) is 3.21. The van der Waals surface area contributed by atoms with Crippen LogP contribution in [0.25, 0.3) is 0 Å². The van der Waals surface area contributed by atoms with Gasteiger partial charge in [-0.1, -0.05) is 47.4 Å². The van der Waals surface area contributed by atoms with Crippen molar-refractivity contribution in [3.8, 4) is 0 Å². The third kappa shape index (κ3) is 31.0. The minimum absolute atomic E-state index is 0. The molecule has 321 valence electrons. The molecule has 0 atom stereocenters. The van der Waals surface area contributed by atoms with Gasteiger partial charge in [-0.25, -0.2) is 0 Å². The number of carbonyl (C=O) groups is 8. The summed E-state index contributed by atoms with van der Waals surface area (Å²) in [6, 6.07) is 0. The van der Waals surface area contributed by atoms with Crippen LogP contribution in [0.2, 0.25) is 25.8 Å². The van der Waals surface area contributed by atoms with Crippen LogP contribution in [0.15, 0.2) is 0 Å². The second kappa shape index (κ2) is 39.0. The fourth-order valence-electron chi connectivity index (χ4n) is 5.89. The van der Waals surface area contributed by atoms with Gasteiger partial charge >= 0.3 is 0 Å². The Morgan fingerprint density at radius 1 is 0.617 bits per heavy atom.